The van der Waals surface area contributed by atoms with Gasteiger partial charge in [-0.2, -0.15) is 0 Å². The second kappa shape index (κ2) is 7.61. The molecule has 0 bridgehead atoms. The highest BCUT2D eigenvalue weighted by molar-refractivity contribution is 6.06. The average Bonchev–Trinajstić information content (AvgIpc) is 3.15. The Morgan fingerprint density at radius 3 is 2.35 bits per heavy atom. The molecule has 0 radical (unpaired) electrons. The van der Waals surface area contributed by atoms with Gasteiger partial charge in [0.05, 0.1) is 4.92 Å². The lowest BCUT2D eigenvalue weighted by Crippen LogP contribution is -1.94. The van der Waals surface area contributed by atoms with Crippen LogP contribution in [0, 0.1) is 10.1 Å². The number of benzene rings is 2. The van der Waals surface area contributed by atoms with Crippen molar-refractivity contribution in [3.63, 3.8) is 0 Å². The van der Waals surface area contributed by atoms with Crippen LogP contribution in [0.5, 0.6) is 0 Å². The third-order valence-corrected chi connectivity index (χ3v) is 4.04. The molecule has 0 amide bonds. The van der Waals surface area contributed by atoms with Gasteiger partial charge in [-0.25, -0.2) is 0 Å². The zero-order valence-corrected chi connectivity index (χ0v) is 14.2. The van der Waals surface area contributed by atoms with Gasteiger partial charge in [0.1, 0.15) is 11.5 Å². The quantitative estimate of drug-likeness (QED) is 0.262. The van der Waals surface area contributed by atoms with Gasteiger partial charge in [-0.1, -0.05) is 31.2 Å². The van der Waals surface area contributed by atoms with Crippen LogP contribution in [-0.2, 0) is 6.42 Å². The van der Waals surface area contributed by atoms with Gasteiger partial charge in [0, 0.05) is 23.3 Å². The van der Waals surface area contributed by atoms with E-state index in [0.717, 1.165) is 12.0 Å². The van der Waals surface area contributed by atoms with Crippen molar-refractivity contribution >= 4 is 17.5 Å². The zero-order valence-electron chi connectivity index (χ0n) is 14.2. The Morgan fingerprint density at radius 2 is 1.73 bits per heavy atom. The maximum atomic E-state index is 12.2. The molecular formula is C21H17NO4. The van der Waals surface area contributed by atoms with Gasteiger partial charge in [-0.3, -0.25) is 14.9 Å². The summed E-state index contributed by atoms with van der Waals surface area (Å²) in [6, 6.07) is 17.2. The second-order valence-corrected chi connectivity index (χ2v) is 5.75. The lowest BCUT2D eigenvalue weighted by Gasteiger charge is -1.98. The first-order valence-electron chi connectivity index (χ1n) is 8.23. The number of nitro groups is 1. The number of non-ortho nitro benzene ring substituents is 1. The third-order valence-electron chi connectivity index (χ3n) is 4.04. The summed E-state index contributed by atoms with van der Waals surface area (Å²) in [5.41, 5.74) is 2.57. The predicted molar refractivity (Wildman–Crippen MR) is 100.0 cm³/mol. The SMILES string of the molecule is CCc1ccc(C(=O)/C=C/c2ccc(-c3ccc([N+](=O)[O-])cc3)o2)cc1. The number of hydrogen-bond donors (Lipinski definition) is 0. The van der Waals surface area contributed by atoms with Crippen molar-refractivity contribution in [2.24, 2.45) is 0 Å². The standard InChI is InChI=1S/C21H17NO4/c1-2-15-3-5-16(6-4-15)20(23)13-11-19-12-14-21(26-19)17-7-9-18(10-8-17)22(24)25/h3-14H,2H2,1H3/b13-11+. The second-order valence-electron chi connectivity index (χ2n) is 5.75. The molecular weight excluding hydrogens is 330 g/mol. The largest absolute Gasteiger partial charge is 0.457 e. The summed E-state index contributed by atoms with van der Waals surface area (Å²) < 4.78 is 5.68. The molecule has 5 nitrogen and oxygen atoms in total. The highest BCUT2D eigenvalue weighted by Crippen LogP contribution is 2.25. The minimum Gasteiger partial charge on any atom is -0.457 e. The first-order valence-corrected chi connectivity index (χ1v) is 8.23. The van der Waals surface area contributed by atoms with Crippen LogP contribution in [0.15, 0.2) is 71.2 Å². The molecule has 0 aliphatic carbocycles. The molecule has 5 heteroatoms. The minimum atomic E-state index is -0.446. The summed E-state index contributed by atoms with van der Waals surface area (Å²) in [4.78, 5) is 22.5. The number of allylic oxidation sites excluding steroid dienone is 1. The number of aryl methyl sites for hydroxylation is 1. The van der Waals surface area contributed by atoms with Crippen molar-refractivity contribution in [3.05, 3.63) is 93.7 Å². The Bertz CT molecular complexity index is 950. The minimum absolute atomic E-state index is 0.0279. The number of nitrogens with zero attached hydrogens (tertiary/aromatic N) is 1. The van der Waals surface area contributed by atoms with Crippen LogP contribution in [0.4, 0.5) is 5.69 Å². The van der Waals surface area contributed by atoms with E-state index < -0.39 is 4.92 Å². The van der Waals surface area contributed by atoms with Crippen molar-refractivity contribution in [3.8, 4) is 11.3 Å². The van der Waals surface area contributed by atoms with Crippen LogP contribution in [0.25, 0.3) is 17.4 Å². The van der Waals surface area contributed by atoms with E-state index in [1.165, 1.54) is 23.8 Å². The molecule has 1 heterocycles. The molecule has 0 unspecified atom stereocenters. The molecule has 0 atom stereocenters. The molecule has 1 aromatic heterocycles. The fourth-order valence-corrected chi connectivity index (χ4v) is 2.50. The predicted octanol–water partition coefficient (Wildman–Crippen LogP) is 5.31. The Hall–Kier alpha value is -3.47. The van der Waals surface area contributed by atoms with E-state index in [4.69, 9.17) is 4.42 Å². The van der Waals surface area contributed by atoms with Crippen LogP contribution < -0.4 is 0 Å². The van der Waals surface area contributed by atoms with E-state index in [1.807, 2.05) is 24.3 Å². The van der Waals surface area contributed by atoms with Gasteiger partial charge in [-0.15, -0.1) is 0 Å². The number of nitro benzene ring substituents is 1. The molecule has 0 fully saturated rings. The summed E-state index contributed by atoms with van der Waals surface area (Å²) in [6.45, 7) is 2.07. The number of carbonyl (C=O) groups excluding carboxylic acids is 1. The Kier molecular flexibility index (Phi) is 5.08. The van der Waals surface area contributed by atoms with Gasteiger partial charge in [0.2, 0.25) is 0 Å². The fraction of sp³-hybridized carbons (Fsp3) is 0.0952. The molecule has 0 saturated carbocycles. The van der Waals surface area contributed by atoms with Crippen LogP contribution in [0.2, 0.25) is 0 Å². The molecule has 2 aromatic carbocycles. The first-order chi connectivity index (χ1) is 12.6. The van der Waals surface area contributed by atoms with E-state index in [1.54, 1.807) is 30.3 Å². The smallest absolute Gasteiger partial charge is 0.269 e. The molecule has 3 rings (SSSR count). The van der Waals surface area contributed by atoms with Gasteiger partial charge in [0.25, 0.3) is 5.69 Å². The summed E-state index contributed by atoms with van der Waals surface area (Å²) in [6.07, 6.45) is 4.02. The molecule has 0 saturated heterocycles. The topological polar surface area (TPSA) is 73.3 Å². The molecule has 0 N–H and O–H groups in total. The van der Waals surface area contributed by atoms with Crippen molar-refractivity contribution in [1.29, 1.82) is 0 Å². The molecule has 3 aromatic rings. The highest BCUT2D eigenvalue weighted by Gasteiger charge is 2.08. The van der Waals surface area contributed by atoms with Crippen molar-refractivity contribution in [2.75, 3.05) is 0 Å². The number of furan rings is 1. The Morgan fingerprint density at radius 1 is 1.04 bits per heavy atom. The monoisotopic (exact) mass is 347 g/mol. The number of rotatable bonds is 6. The summed E-state index contributed by atoms with van der Waals surface area (Å²) in [7, 11) is 0. The Balaban J connectivity index is 1.71. The van der Waals surface area contributed by atoms with Crippen molar-refractivity contribution < 1.29 is 14.1 Å². The summed E-state index contributed by atoms with van der Waals surface area (Å²) in [5, 5.41) is 10.7. The summed E-state index contributed by atoms with van der Waals surface area (Å²) >= 11 is 0. The van der Waals surface area contributed by atoms with E-state index in [-0.39, 0.29) is 11.5 Å². The number of ketones is 1. The van der Waals surface area contributed by atoms with Crippen molar-refractivity contribution in [1.82, 2.24) is 0 Å². The maximum absolute atomic E-state index is 12.2. The van der Waals surface area contributed by atoms with Crippen LogP contribution in [-0.4, -0.2) is 10.7 Å². The van der Waals surface area contributed by atoms with Gasteiger partial charge in [0.15, 0.2) is 5.78 Å². The molecule has 0 spiro atoms. The maximum Gasteiger partial charge on any atom is 0.269 e. The molecule has 0 aliphatic rings. The van der Waals surface area contributed by atoms with Gasteiger partial charge in [-0.05, 0) is 48.4 Å². The van der Waals surface area contributed by atoms with Crippen molar-refractivity contribution in [2.45, 2.75) is 13.3 Å². The number of hydrogen-bond acceptors (Lipinski definition) is 4. The normalized spacial score (nSPS) is 11.0. The van der Waals surface area contributed by atoms with Gasteiger partial charge < -0.3 is 4.42 Å². The lowest BCUT2D eigenvalue weighted by molar-refractivity contribution is -0.384. The van der Waals surface area contributed by atoms with Crippen LogP contribution in [0.3, 0.4) is 0 Å². The lowest BCUT2D eigenvalue weighted by atomic mass is 10.1. The van der Waals surface area contributed by atoms with Crippen LogP contribution in [0.1, 0.15) is 28.6 Å². The Labute approximate surface area is 150 Å². The highest BCUT2D eigenvalue weighted by atomic mass is 16.6. The molecule has 130 valence electrons. The molecule has 26 heavy (non-hydrogen) atoms. The molecule has 0 aliphatic heterocycles. The first kappa shape index (κ1) is 17.4. The van der Waals surface area contributed by atoms with Gasteiger partial charge >= 0.3 is 0 Å². The van der Waals surface area contributed by atoms with E-state index in [2.05, 4.69) is 6.92 Å². The van der Waals surface area contributed by atoms with Crippen LogP contribution >= 0.6 is 0 Å². The third kappa shape index (κ3) is 3.95. The summed E-state index contributed by atoms with van der Waals surface area (Å²) in [5.74, 6) is 1.03. The van der Waals surface area contributed by atoms with E-state index in [0.29, 0.717) is 17.1 Å². The van der Waals surface area contributed by atoms with E-state index in [9.17, 15) is 14.9 Å². The number of carbonyl (C=O) groups is 1. The fourth-order valence-electron chi connectivity index (χ4n) is 2.50. The zero-order chi connectivity index (χ0) is 18.5. The average molecular weight is 347 g/mol. The van der Waals surface area contributed by atoms with E-state index >= 15 is 0 Å².